The van der Waals surface area contributed by atoms with Gasteiger partial charge in [-0.25, -0.2) is 9.97 Å². The van der Waals surface area contributed by atoms with Crippen LogP contribution in [0.1, 0.15) is 56.4 Å². The molecule has 1 amide bonds. The molecule has 1 aromatic rings. The van der Waals surface area contributed by atoms with E-state index < -0.39 is 0 Å². The van der Waals surface area contributed by atoms with E-state index in [2.05, 4.69) is 28.7 Å². The summed E-state index contributed by atoms with van der Waals surface area (Å²) in [4.78, 5) is 22.4. The largest absolute Gasteiger partial charge is 0.370 e. The Bertz CT molecular complexity index is 487. The molecule has 1 aliphatic rings. The van der Waals surface area contributed by atoms with Crippen molar-refractivity contribution in [2.45, 2.75) is 58.5 Å². The van der Waals surface area contributed by atoms with Crippen molar-refractivity contribution in [1.82, 2.24) is 14.9 Å². The quantitative estimate of drug-likeness (QED) is 0.889. The van der Waals surface area contributed by atoms with Gasteiger partial charge in [-0.1, -0.05) is 0 Å². The lowest BCUT2D eigenvalue weighted by Gasteiger charge is -2.28. The third-order valence-corrected chi connectivity index (χ3v) is 3.84. The predicted molar refractivity (Wildman–Crippen MR) is 78.1 cm³/mol. The highest BCUT2D eigenvalue weighted by Gasteiger charge is 2.29. The monoisotopic (exact) mass is 276 g/mol. The molecular weight excluding hydrogens is 252 g/mol. The molecule has 0 radical (unpaired) electrons. The molecule has 5 heteroatoms. The van der Waals surface area contributed by atoms with E-state index in [1.54, 1.807) is 0 Å². The van der Waals surface area contributed by atoms with Crippen LogP contribution in [0.2, 0.25) is 0 Å². The Kier molecular flexibility index (Phi) is 4.70. The molecule has 110 valence electrons. The summed E-state index contributed by atoms with van der Waals surface area (Å²) in [6.45, 7) is 7.48. The van der Waals surface area contributed by atoms with E-state index in [9.17, 15) is 4.79 Å². The topological polar surface area (TPSA) is 72.1 Å². The van der Waals surface area contributed by atoms with E-state index in [-0.39, 0.29) is 5.91 Å². The molecule has 0 spiro atoms. The van der Waals surface area contributed by atoms with Gasteiger partial charge >= 0.3 is 0 Å². The van der Waals surface area contributed by atoms with Crippen LogP contribution in [0, 0.1) is 6.92 Å². The summed E-state index contributed by atoms with van der Waals surface area (Å²) in [5.41, 5.74) is 7.21. The van der Waals surface area contributed by atoms with E-state index >= 15 is 0 Å². The minimum absolute atomic E-state index is 0.285. The van der Waals surface area contributed by atoms with Crippen LogP contribution in [-0.2, 0) is 11.2 Å². The van der Waals surface area contributed by atoms with Crippen LogP contribution in [0.25, 0.3) is 0 Å². The number of rotatable bonds is 5. The molecule has 2 N–H and O–H groups in total. The maximum absolute atomic E-state index is 10.9. The zero-order valence-electron chi connectivity index (χ0n) is 12.6. The van der Waals surface area contributed by atoms with Crippen molar-refractivity contribution in [2.75, 3.05) is 6.54 Å². The number of hydrogen-bond acceptors (Lipinski definition) is 4. The third kappa shape index (κ3) is 3.54. The Hall–Kier alpha value is -1.49. The molecule has 0 unspecified atom stereocenters. The fraction of sp³-hybridized carbons (Fsp3) is 0.667. The van der Waals surface area contributed by atoms with Crippen LogP contribution in [0.15, 0.2) is 6.07 Å². The Morgan fingerprint density at radius 1 is 1.50 bits per heavy atom. The van der Waals surface area contributed by atoms with Gasteiger partial charge in [-0.3, -0.25) is 9.69 Å². The molecule has 1 fully saturated rings. The summed E-state index contributed by atoms with van der Waals surface area (Å²) in [5, 5.41) is 0. The Balaban J connectivity index is 2.20. The Morgan fingerprint density at radius 3 is 2.90 bits per heavy atom. The summed E-state index contributed by atoms with van der Waals surface area (Å²) in [6, 6.07) is 2.94. The minimum Gasteiger partial charge on any atom is -0.370 e. The second-order valence-electron chi connectivity index (χ2n) is 5.79. The maximum Gasteiger partial charge on any atom is 0.217 e. The standard InChI is InChI=1S/C15H24N4O/c1-10(2)19-8-4-5-14(19)13-9-12(6-7-15(16)20)17-11(3)18-13/h9-10,14H,4-8H2,1-3H3,(H2,16,20)/t14-/m0/s1. The van der Waals surface area contributed by atoms with Crippen molar-refractivity contribution < 1.29 is 4.79 Å². The lowest BCUT2D eigenvalue weighted by molar-refractivity contribution is -0.118. The van der Waals surface area contributed by atoms with Gasteiger partial charge in [0, 0.05) is 18.2 Å². The lowest BCUT2D eigenvalue weighted by atomic mass is 10.1. The Labute approximate surface area is 120 Å². The molecule has 2 rings (SSSR count). The minimum atomic E-state index is -0.285. The second-order valence-corrected chi connectivity index (χ2v) is 5.79. The zero-order chi connectivity index (χ0) is 14.7. The van der Waals surface area contributed by atoms with Crippen molar-refractivity contribution >= 4 is 5.91 Å². The van der Waals surface area contributed by atoms with Crippen molar-refractivity contribution in [1.29, 1.82) is 0 Å². The first kappa shape index (κ1) is 14.9. The first-order chi connectivity index (χ1) is 9.47. The average molecular weight is 276 g/mol. The first-order valence-electron chi connectivity index (χ1n) is 7.36. The summed E-state index contributed by atoms with van der Waals surface area (Å²) in [7, 11) is 0. The van der Waals surface area contributed by atoms with Crippen LogP contribution >= 0.6 is 0 Å². The van der Waals surface area contributed by atoms with Crippen LogP contribution in [0.5, 0.6) is 0 Å². The van der Waals surface area contributed by atoms with Gasteiger partial charge < -0.3 is 5.73 Å². The maximum atomic E-state index is 10.9. The second kappa shape index (κ2) is 6.31. The van der Waals surface area contributed by atoms with Gasteiger partial charge in [0.2, 0.25) is 5.91 Å². The summed E-state index contributed by atoms with van der Waals surface area (Å²) < 4.78 is 0. The molecule has 0 saturated carbocycles. The number of nitrogens with two attached hydrogens (primary N) is 1. The lowest BCUT2D eigenvalue weighted by Crippen LogP contribution is -2.31. The van der Waals surface area contributed by atoms with Gasteiger partial charge in [-0.2, -0.15) is 0 Å². The normalized spacial score (nSPS) is 19.7. The highest BCUT2D eigenvalue weighted by Crippen LogP contribution is 2.32. The number of primary amides is 1. The molecular formula is C15H24N4O. The van der Waals surface area contributed by atoms with Crippen molar-refractivity contribution in [3.05, 3.63) is 23.3 Å². The number of likely N-dealkylation sites (tertiary alicyclic amines) is 1. The third-order valence-electron chi connectivity index (χ3n) is 3.84. The summed E-state index contributed by atoms with van der Waals surface area (Å²) in [5.74, 6) is 0.491. The van der Waals surface area contributed by atoms with Crippen molar-refractivity contribution in [3.8, 4) is 0 Å². The number of hydrogen-bond donors (Lipinski definition) is 1. The number of aromatic nitrogens is 2. The fourth-order valence-corrected chi connectivity index (χ4v) is 2.93. The average Bonchev–Trinajstić information content (AvgIpc) is 2.85. The van der Waals surface area contributed by atoms with Crippen LogP contribution in [-0.4, -0.2) is 33.4 Å². The Morgan fingerprint density at radius 2 is 2.25 bits per heavy atom. The van der Waals surface area contributed by atoms with E-state index in [1.165, 1.54) is 6.42 Å². The summed E-state index contributed by atoms with van der Waals surface area (Å²) >= 11 is 0. The number of aryl methyl sites for hydroxylation is 2. The number of carbonyl (C=O) groups excluding carboxylic acids is 1. The molecule has 0 bridgehead atoms. The van der Waals surface area contributed by atoms with Crippen molar-refractivity contribution in [3.63, 3.8) is 0 Å². The zero-order valence-corrected chi connectivity index (χ0v) is 12.6. The van der Waals surface area contributed by atoms with Gasteiger partial charge in [0.15, 0.2) is 0 Å². The van der Waals surface area contributed by atoms with Gasteiger partial charge in [-0.15, -0.1) is 0 Å². The molecule has 0 aliphatic carbocycles. The number of amides is 1. The van der Waals surface area contributed by atoms with Crippen LogP contribution in [0.4, 0.5) is 0 Å². The molecule has 0 aromatic carbocycles. The van der Waals surface area contributed by atoms with E-state index in [1.807, 2.05) is 13.0 Å². The smallest absolute Gasteiger partial charge is 0.217 e. The predicted octanol–water partition coefficient (Wildman–Crippen LogP) is 1.75. The van der Waals surface area contributed by atoms with Gasteiger partial charge in [0.05, 0.1) is 11.7 Å². The fourth-order valence-electron chi connectivity index (χ4n) is 2.93. The highest BCUT2D eigenvalue weighted by atomic mass is 16.1. The van der Waals surface area contributed by atoms with E-state index in [4.69, 9.17) is 5.73 Å². The number of nitrogens with zero attached hydrogens (tertiary/aromatic N) is 3. The van der Waals surface area contributed by atoms with Gasteiger partial charge in [0.25, 0.3) is 0 Å². The van der Waals surface area contributed by atoms with Gasteiger partial charge in [-0.05, 0) is 52.6 Å². The van der Waals surface area contributed by atoms with E-state index in [0.29, 0.717) is 24.9 Å². The summed E-state index contributed by atoms with van der Waals surface area (Å²) in [6.07, 6.45) is 3.29. The van der Waals surface area contributed by atoms with Crippen LogP contribution in [0.3, 0.4) is 0 Å². The SMILES string of the molecule is Cc1nc(CCC(N)=O)cc([C@@H]2CCCN2C(C)C)n1. The highest BCUT2D eigenvalue weighted by molar-refractivity contribution is 5.73. The molecule has 5 nitrogen and oxygen atoms in total. The van der Waals surface area contributed by atoms with Gasteiger partial charge in [0.1, 0.15) is 5.82 Å². The van der Waals surface area contributed by atoms with Crippen LogP contribution < -0.4 is 5.73 Å². The van der Waals surface area contributed by atoms with Crippen molar-refractivity contribution in [2.24, 2.45) is 5.73 Å². The van der Waals surface area contributed by atoms with E-state index in [0.717, 1.165) is 30.2 Å². The molecule has 2 heterocycles. The first-order valence-corrected chi connectivity index (χ1v) is 7.36. The molecule has 20 heavy (non-hydrogen) atoms. The molecule has 1 aromatic heterocycles. The molecule has 1 atom stereocenters. The molecule has 1 saturated heterocycles. The molecule has 1 aliphatic heterocycles. The number of carbonyl (C=O) groups is 1.